The Labute approximate surface area is 206 Å². The lowest BCUT2D eigenvalue weighted by atomic mass is 10.0. The van der Waals surface area contributed by atoms with E-state index in [-0.39, 0.29) is 23.1 Å². The number of thiophene rings is 1. The van der Waals surface area contributed by atoms with Gasteiger partial charge >= 0.3 is 0 Å². The highest BCUT2D eigenvalue weighted by Crippen LogP contribution is 2.33. The van der Waals surface area contributed by atoms with Gasteiger partial charge in [-0.1, -0.05) is 57.5 Å². The summed E-state index contributed by atoms with van der Waals surface area (Å²) in [4.78, 5) is 18.0. The van der Waals surface area contributed by atoms with E-state index in [0.29, 0.717) is 29.5 Å². The molecule has 184 valence electrons. The molecule has 4 rings (SSSR count). The zero-order valence-corrected chi connectivity index (χ0v) is 22.5. The Hall–Kier alpha value is -2.45. The molecule has 0 saturated carbocycles. The predicted molar refractivity (Wildman–Crippen MR) is 145 cm³/mol. The number of nitrogens with two attached hydrogens (primary N) is 1. The molecule has 0 radical (unpaired) electrons. The molecule has 3 aromatic rings. The summed E-state index contributed by atoms with van der Waals surface area (Å²) in [6, 6.07) is 9.88. The molecule has 0 amide bonds. The molecule has 1 fully saturated rings. The summed E-state index contributed by atoms with van der Waals surface area (Å²) in [5.41, 5.74) is 9.87. The predicted octanol–water partition coefficient (Wildman–Crippen LogP) is 4.91. The van der Waals surface area contributed by atoms with Crippen LogP contribution in [0.4, 0.5) is 0 Å². The molecule has 1 aromatic carbocycles. The summed E-state index contributed by atoms with van der Waals surface area (Å²) in [5.74, 6) is 0.672. The molecule has 3 heterocycles. The van der Waals surface area contributed by atoms with Gasteiger partial charge in [0.15, 0.2) is 0 Å². The van der Waals surface area contributed by atoms with E-state index < -0.39 is 9.84 Å². The van der Waals surface area contributed by atoms with Crippen LogP contribution in [0.15, 0.2) is 46.3 Å². The lowest BCUT2D eigenvalue weighted by Gasteiger charge is -2.18. The van der Waals surface area contributed by atoms with Gasteiger partial charge in [0.2, 0.25) is 0 Å². The quantitative estimate of drug-likeness (QED) is 0.407. The fourth-order valence-corrected chi connectivity index (χ4v) is 6.22. The van der Waals surface area contributed by atoms with Crippen LogP contribution in [0.3, 0.4) is 0 Å². The Morgan fingerprint density at radius 3 is 2.35 bits per heavy atom. The number of rotatable bonds is 3. The lowest BCUT2D eigenvalue weighted by molar-refractivity contribution is 0.469. The first kappa shape index (κ1) is 26.2. The van der Waals surface area contributed by atoms with Crippen LogP contribution >= 0.6 is 11.3 Å². The standard InChI is InChI=1S/C21H23N3O3S2.C5H12/c1-13-4-3-5-14(10-13)17-12-24(2)21(25)16-11-18(28-19(16)17)20(22)23-15-6-8-29(26,27)9-7-15;1-5(2,3)4/h3-5,10-12,15H,6-9H2,1-2H3,(H2,22,23);1-4H3. The molecule has 0 unspecified atom stereocenters. The fourth-order valence-electron chi connectivity index (χ4n) is 3.66. The average molecular weight is 502 g/mol. The summed E-state index contributed by atoms with van der Waals surface area (Å²) in [5, 5.41) is 0.621. The van der Waals surface area contributed by atoms with E-state index in [4.69, 9.17) is 5.73 Å². The molecule has 1 saturated heterocycles. The van der Waals surface area contributed by atoms with Crippen LogP contribution in [0.1, 0.15) is 51.0 Å². The largest absolute Gasteiger partial charge is 0.383 e. The van der Waals surface area contributed by atoms with Crippen molar-refractivity contribution in [3.05, 3.63) is 57.3 Å². The van der Waals surface area contributed by atoms with Crippen molar-refractivity contribution < 1.29 is 8.42 Å². The molecule has 2 N–H and O–H groups in total. The van der Waals surface area contributed by atoms with Crippen molar-refractivity contribution in [3.63, 3.8) is 0 Å². The van der Waals surface area contributed by atoms with E-state index in [2.05, 4.69) is 38.8 Å². The molecular formula is C26H35N3O3S2. The molecule has 8 heteroatoms. The minimum Gasteiger partial charge on any atom is -0.383 e. The number of hydrogen-bond acceptors (Lipinski definition) is 5. The number of pyridine rings is 1. The van der Waals surface area contributed by atoms with Crippen LogP contribution in [0.2, 0.25) is 0 Å². The first-order valence-corrected chi connectivity index (χ1v) is 14.1. The third kappa shape index (κ3) is 6.79. The molecule has 1 aliphatic rings. The molecule has 0 atom stereocenters. The first-order chi connectivity index (χ1) is 15.7. The number of fused-ring (bicyclic) bond motifs is 1. The van der Waals surface area contributed by atoms with E-state index in [1.807, 2.05) is 31.3 Å². The third-order valence-corrected chi connectivity index (χ3v) is 8.18. The number of nitrogens with zero attached hydrogens (tertiary/aromatic N) is 2. The van der Waals surface area contributed by atoms with Crippen molar-refractivity contribution in [3.8, 4) is 11.1 Å². The van der Waals surface area contributed by atoms with Crippen LogP contribution < -0.4 is 11.3 Å². The van der Waals surface area contributed by atoms with Crippen molar-refractivity contribution in [2.45, 2.75) is 53.5 Å². The lowest BCUT2D eigenvalue weighted by Crippen LogP contribution is -2.27. The van der Waals surface area contributed by atoms with Crippen LogP contribution in [0.25, 0.3) is 21.2 Å². The second kappa shape index (κ2) is 10.0. The van der Waals surface area contributed by atoms with Gasteiger partial charge in [0.05, 0.1) is 27.8 Å². The number of hydrogen-bond donors (Lipinski definition) is 1. The monoisotopic (exact) mass is 501 g/mol. The Kier molecular flexibility index (Phi) is 7.72. The smallest absolute Gasteiger partial charge is 0.259 e. The number of aryl methyl sites for hydroxylation is 2. The third-order valence-electron chi connectivity index (χ3n) is 5.28. The van der Waals surface area contributed by atoms with Crippen LogP contribution in [0, 0.1) is 12.3 Å². The van der Waals surface area contributed by atoms with E-state index in [9.17, 15) is 13.2 Å². The SMILES string of the molecule is CC(C)(C)C.Cc1cccc(-c2cn(C)c(=O)c3cc(C(N)=NC4CCS(=O)(=O)CC4)sc23)c1. The maximum atomic E-state index is 12.7. The number of aromatic nitrogens is 1. The van der Waals surface area contributed by atoms with E-state index in [1.54, 1.807) is 17.7 Å². The van der Waals surface area contributed by atoms with Gasteiger partial charge < -0.3 is 10.3 Å². The highest BCUT2D eigenvalue weighted by molar-refractivity contribution is 7.91. The number of sulfone groups is 1. The summed E-state index contributed by atoms with van der Waals surface area (Å²) in [7, 11) is -1.19. The normalized spacial score (nSPS) is 16.8. The second-order valence-corrected chi connectivity index (χ2v) is 13.9. The van der Waals surface area contributed by atoms with Gasteiger partial charge in [0.25, 0.3) is 5.56 Å². The summed E-state index contributed by atoms with van der Waals surface area (Å²) >= 11 is 1.46. The van der Waals surface area contributed by atoms with Crippen molar-refractivity contribution in [1.82, 2.24) is 4.57 Å². The molecule has 1 aliphatic heterocycles. The van der Waals surface area contributed by atoms with Crippen LogP contribution in [-0.4, -0.2) is 36.4 Å². The van der Waals surface area contributed by atoms with Gasteiger partial charge in [-0.2, -0.15) is 0 Å². The highest BCUT2D eigenvalue weighted by Gasteiger charge is 2.24. The van der Waals surface area contributed by atoms with Crippen molar-refractivity contribution in [2.24, 2.45) is 23.2 Å². The molecular weight excluding hydrogens is 466 g/mol. The second-order valence-electron chi connectivity index (χ2n) is 10.6. The topological polar surface area (TPSA) is 94.5 Å². The van der Waals surface area contributed by atoms with Crippen LogP contribution in [0.5, 0.6) is 0 Å². The van der Waals surface area contributed by atoms with Gasteiger partial charge in [-0.05, 0) is 36.8 Å². The maximum Gasteiger partial charge on any atom is 0.259 e. The van der Waals surface area contributed by atoms with Gasteiger partial charge in [-0.3, -0.25) is 9.79 Å². The van der Waals surface area contributed by atoms with E-state index in [0.717, 1.165) is 26.3 Å². The van der Waals surface area contributed by atoms with Crippen LogP contribution in [-0.2, 0) is 16.9 Å². The van der Waals surface area contributed by atoms with Gasteiger partial charge in [-0.15, -0.1) is 11.3 Å². The summed E-state index contributed by atoms with van der Waals surface area (Å²) < 4.78 is 25.7. The Balaban J connectivity index is 0.000000588. The Morgan fingerprint density at radius 1 is 1.15 bits per heavy atom. The number of benzene rings is 1. The maximum absolute atomic E-state index is 12.7. The summed E-state index contributed by atoms with van der Waals surface area (Å²) in [6.07, 6.45) is 2.84. The molecule has 0 aliphatic carbocycles. The Bertz CT molecular complexity index is 1360. The van der Waals surface area contributed by atoms with Gasteiger partial charge in [-0.25, -0.2) is 8.42 Å². The minimum atomic E-state index is -2.94. The highest BCUT2D eigenvalue weighted by atomic mass is 32.2. The molecule has 0 bridgehead atoms. The Morgan fingerprint density at radius 2 is 1.76 bits per heavy atom. The van der Waals surface area contributed by atoms with E-state index in [1.165, 1.54) is 11.3 Å². The molecule has 2 aromatic heterocycles. The average Bonchev–Trinajstić information content (AvgIpc) is 3.17. The van der Waals surface area contributed by atoms with Gasteiger partial charge in [0.1, 0.15) is 15.7 Å². The number of aliphatic imine (C=N–C) groups is 1. The van der Waals surface area contributed by atoms with Crippen molar-refractivity contribution in [2.75, 3.05) is 11.5 Å². The minimum absolute atomic E-state index is 0.0736. The van der Waals surface area contributed by atoms with E-state index >= 15 is 0 Å². The first-order valence-electron chi connectivity index (χ1n) is 11.5. The zero-order valence-electron chi connectivity index (χ0n) is 20.9. The zero-order chi connectivity index (χ0) is 25.3. The summed E-state index contributed by atoms with van der Waals surface area (Å²) in [6.45, 7) is 10.8. The molecule has 0 spiro atoms. The fraction of sp³-hybridized carbons (Fsp3) is 0.462. The molecule has 34 heavy (non-hydrogen) atoms. The van der Waals surface area contributed by atoms with Crippen molar-refractivity contribution >= 4 is 37.1 Å². The number of amidine groups is 1. The molecule has 6 nitrogen and oxygen atoms in total. The van der Waals surface area contributed by atoms with Crippen molar-refractivity contribution in [1.29, 1.82) is 0 Å². The van der Waals surface area contributed by atoms with Gasteiger partial charge in [0, 0.05) is 23.5 Å².